The van der Waals surface area contributed by atoms with E-state index in [1.807, 2.05) is 6.07 Å². The van der Waals surface area contributed by atoms with Crippen molar-refractivity contribution in [1.82, 2.24) is 5.32 Å². The van der Waals surface area contributed by atoms with Crippen LogP contribution in [0.1, 0.15) is 31.2 Å². The van der Waals surface area contributed by atoms with Gasteiger partial charge >= 0.3 is 0 Å². The zero-order chi connectivity index (χ0) is 13.7. The third kappa shape index (κ3) is 5.19. The Labute approximate surface area is 130 Å². The quantitative estimate of drug-likeness (QED) is 0.847. The molecule has 1 aliphatic rings. The number of hydrogen-bond donors (Lipinski definition) is 2. The number of hydrogen-bond acceptors (Lipinski definition) is 3. The smallest absolute Gasteiger partial charge is 0.255 e. The van der Waals surface area contributed by atoms with E-state index >= 15 is 0 Å². The lowest BCUT2D eigenvalue weighted by Gasteiger charge is -2.15. The first kappa shape index (κ1) is 17.1. The van der Waals surface area contributed by atoms with Gasteiger partial charge in [-0.2, -0.15) is 0 Å². The highest BCUT2D eigenvalue weighted by Crippen LogP contribution is 2.24. The molecule has 20 heavy (non-hydrogen) atoms. The van der Waals surface area contributed by atoms with Crippen molar-refractivity contribution in [3.8, 4) is 5.75 Å². The van der Waals surface area contributed by atoms with Crippen LogP contribution < -0.4 is 15.8 Å². The van der Waals surface area contributed by atoms with Crippen LogP contribution in [0.4, 0.5) is 0 Å². The van der Waals surface area contributed by atoms with Crippen LogP contribution >= 0.6 is 24.0 Å². The highest BCUT2D eigenvalue weighted by Gasteiger charge is 2.15. The van der Waals surface area contributed by atoms with E-state index in [9.17, 15) is 4.79 Å². The maximum Gasteiger partial charge on any atom is 0.255 e. The van der Waals surface area contributed by atoms with Crippen molar-refractivity contribution in [3.05, 3.63) is 28.8 Å². The number of rotatable bonds is 6. The van der Waals surface area contributed by atoms with Crippen LogP contribution in [0, 0.1) is 0 Å². The molecule has 0 aromatic heterocycles. The number of nitrogens with two attached hydrogens (primary N) is 1. The summed E-state index contributed by atoms with van der Waals surface area (Å²) in [5, 5.41) is 4.16. The van der Waals surface area contributed by atoms with Crippen molar-refractivity contribution in [1.29, 1.82) is 0 Å². The van der Waals surface area contributed by atoms with Gasteiger partial charge in [0.05, 0.1) is 0 Å². The van der Waals surface area contributed by atoms with E-state index in [0.717, 1.165) is 5.56 Å². The average Bonchev–Trinajstić information content (AvgIpc) is 2.88. The fraction of sp³-hybridized carbons (Fsp3) is 0.500. The van der Waals surface area contributed by atoms with Crippen LogP contribution in [0.2, 0.25) is 5.02 Å². The Kier molecular flexibility index (Phi) is 7.13. The van der Waals surface area contributed by atoms with Crippen LogP contribution in [0.5, 0.6) is 5.75 Å². The standard InChI is InChI=1S/C14H19ClN2O2.ClH/c15-11-5-6-13(19-9-14(16)18)10(7-11)8-17-12-3-1-2-4-12;/h5-7,12,17H,1-4,8-9H2,(H2,16,18);1H. The largest absolute Gasteiger partial charge is 0.483 e. The molecule has 0 aliphatic heterocycles. The Morgan fingerprint density at radius 1 is 1.40 bits per heavy atom. The van der Waals surface area contributed by atoms with Gasteiger partial charge in [0.25, 0.3) is 5.91 Å². The van der Waals surface area contributed by atoms with E-state index in [4.69, 9.17) is 22.1 Å². The number of benzene rings is 1. The summed E-state index contributed by atoms with van der Waals surface area (Å²) in [6, 6.07) is 5.95. The first-order valence-corrected chi connectivity index (χ1v) is 6.96. The number of ether oxygens (including phenoxy) is 1. The minimum atomic E-state index is -0.482. The lowest BCUT2D eigenvalue weighted by Crippen LogP contribution is -2.26. The number of carbonyl (C=O) groups excluding carboxylic acids is 1. The maximum atomic E-state index is 10.8. The van der Waals surface area contributed by atoms with Gasteiger partial charge < -0.3 is 15.8 Å². The molecule has 1 amide bonds. The number of nitrogens with one attached hydrogen (secondary N) is 1. The van der Waals surface area contributed by atoms with E-state index in [0.29, 0.717) is 23.4 Å². The molecule has 0 atom stereocenters. The molecular formula is C14H20Cl2N2O2. The van der Waals surface area contributed by atoms with Gasteiger partial charge in [0.2, 0.25) is 0 Å². The van der Waals surface area contributed by atoms with Gasteiger partial charge in [0.15, 0.2) is 6.61 Å². The van der Waals surface area contributed by atoms with Crippen molar-refractivity contribution in [2.24, 2.45) is 5.73 Å². The van der Waals surface area contributed by atoms with E-state index in [1.54, 1.807) is 12.1 Å². The monoisotopic (exact) mass is 318 g/mol. The Morgan fingerprint density at radius 3 is 2.75 bits per heavy atom. The van der Waals surface area contributed by atoms with Crippen LogP contribution in [-0.4, -0.2) is 18.6 Å². The number of primary amides is 1. The minimum Gasteiger partial charge on any atom is -0.483 e. The third-order valence-electron chi connectivity index (χ3n) is 3.33. The fourth-order valence-electron chi connectivity index (χ4n) is 2.36. The Hall–Kier alpha value is -0.970. The average molecular weight is 319 g/mol. The molecule has 1 fully saturated rings. The molecular weight excluding hydrogens is 299 g/mol. The molecule has 1 aliphatic carbocycles. The molecule has 2 rings (SSSR count). The fourth-order valence-corrected chi connectivity index (χ4v) is 2.55. The van der Waals surface area contributed by atoms with Crippen LogP contribution in [0.15, 0.2) is 18.2 Å². The molecule has 3 N–H and O–H groups in total. The number of halogens is 2. The van der Waals surface area contributed by atoms with E-state index in [2.05, 4.69) is 5.32 Å². The summed E-state index contributed by atoms with van der Waals surface area (Å²) in [5.74, 6) is 0.179. The number of amides is 1. The zero-order valence-electron chi connectivity index (χ0n) is 11.2. The lowest BCUT2D eigenvalue weighted by molar-refractivity contribution is -0.119. The predicted octanol–water partition coefficient (Wildman–Crippen LogP) is 2.66. The van der Waals surface area contributed by atoms with Crippen LogP contribution in [0.25, 0.3) is 0 Å². The van der Waals surface area contributed by atoms with Gasteiger partial charge in [-0.1, -0.05) is 24.4 Å². The van der Waals surface area contributed by atoms with Gasteiger partial charge in [-0.05, 0) is 31.0 Å². The molecule has 0 bridgehead atoms. The van der Waals surface area contributed by atoms with Gasteiger partial charge in [-0.15, -0.1) is 12.4 Å². The summed E-state index contributed by atoms with van der Waals surface area (Å²) in [4.78, 5) is 10.8. The topological polar surface area (TPSA) is 64.4 Å². The van der Waals surface area contributed by atoms with Crippen molar-refractivity contribution < 1.29 is 9.53 Å². The maximum absolute atomic E-state index is 10.8. The highest BCUT2D eigenvalue weighted by atomic mass is 35.5. The van der Waals surface area contributed by atoms with Crippen molar-refractivity contribution >= 4 is 29.9 Å². The number of carbonyl (C=O) groups is 1. The molecule has 4 nitrogen and oxygen atoms in total. The van der Waals surface area contributed by atoms with E-state index in [1.165, 1.54) is 25.7 Å². The summed E-state index contributed by atoms with van der Waals surface area (Å²) in [6.45, 7) is 0.581. The summed E-state index contributed by atoms with van der Waals surface area (Å²) in [5.41, 5.74) is 6.05. The summed E-state index contributed by atoms with van der Waals surface area (Å²) in [6.07, 6.45) is 5.02. The second kappa shape index (κ2) is 8.35. The molecule has 0 spiro atoms. The van der Waals surface area contributed by atoms with Crippen LogP contribution in [0.3, 0.4) is 0 Å². The first-order chi connectivity index (χ1) is 9.15. The molecule has 1 saturated carbocycles. The van der Waals surface area contributed by atoms with Gasteiger partial charge in [0.1, 0.15) is 5.75 Å². The zero-order valence-corrected chi connectivity index (χ0v) is 12.8. The van der Waals surface area contributed by atoms with Crippen molar-refractivity contribution in [2.75, 3.05) is 6.61 Å². The van der Waals surface area contributed by atoms with E-state index < -0.39 is 5.91 Å². The summed E-state index contributed by atoms with van der Waals surface area (Å²) < 4.78 is 5.40. The third-order valence-corrected chi connectivity index (χ3v) is 3.56. The Bertz CT molecular complexity index is 449. The molecule has 0 saturated heterocycles. The van der Waals surface area contributed by atoms with E-state index in [-0.39, 0.29) is 19.0 Å². The second-order valence-corrected chi connectivity index (χ2v) is 5.31. The SMILES string of the molecule is Cl.NC(=O)COc1ccc(Cl)cc1CNC1CCCC1. The first-order valence-electron chi connectivity index (χ1n) is 6.58. The second-order valence-electron chi connectivity index (χ2n) is 4.87. The predicted molar refractivity (Wildman–Crippen MR) is 82.5 cm³/mol. The molecule has 1 aromatic carbocycles. The molecule has 6 heteroatoms. The van der Waals surface area contributed by atoms with Crippen LogP contribution in [-0.2, 0) is 11.3 Å². The van der Waals surface area contributed by atoms with Crippen molar-refractivity contribution in [3.63, 3.8) is 0 Å². The Balaban J connectivity index is 0.00000200. The summed E-state index contributed by atoms with van der Waals surface area (Å²) in [7, 11) is 0. The van der Waals surface area contributed by atoms with Gasteiger partial charge in [0, 0.05) is 23.2 Å². The minimum absolute atomic E-state index is 0. The highest BCUT2D eigenvalue weighted by molar-refractivity contribution is 6.30. The molecule has 0 radical (unpaired) electrons. The van der Waals surface area contributed by atoms with Crippen molar-refractivity contribution in [2.45, 2.75) is 38.3 Å². The lowest BCUT2D eigenvalue weighted by atomic mass is 10.1. The van der Waals surface area contributed by atoms with Gasteiger partial charge in [-0.25, -0.2) is 0 Å². The normalized spacial score (nSPS) is 14.8. The van der Waals surface area contributed by atoms with Gasteiger partial charge in [-0.3, -0.25) is 4.79 Å². The molecule has 0 unspecified atom stereocenters. The molecule has 112 valence electrons. The molecule has 1 aromatic rings. The Morgan fingerprint density at radius 2 is 2.10 bits per heavy atom. The molecule has 0 heterocycles. The summed E-state index contributed by atoms with van der Waals surface area (Å²) >= 11 is 6.00.